The monoisotopic (exact) mass is 466 g/mol. The fourth-order valence-corrected chi connectivity index (χ4v) is 5.34. The van der Waals surface area contributed by atoms with Gasteiger partial charge in [0, 0.05) is 5.69 Å². The topological polar surface area (TPSA) is 101 Å². The number of anilines is 1. The maximum atomic E-state index is 13.3. The van der Waals surface area contributed by atoms with Crippen LogP contribution in [0.15, 0.2) is 71.6 Å². The third-order valence-electron chi connectivity index (χ3n) is 5.09. The summed E-state index contributed by atoms with van der Waals surface area (Å²) in [4.78, 5) is 13.2. The summed E-state index contributed by atoms with van der Waals surface area (Å²) in [6.45, 7) is 3.82. The van der Waals surface area contributed by atoms with Crippen molar-refractivity contribution in [2.45, 2.75) is 31.2 Å². The van der Waals surface area contributed by atoms with Crippen LogP contribution in [0.2, 0.25) is 0 Å². The van der Waals surface area contributed by atoms with Gasteiger partial charge < -0.3 is 5.32 Å². The second-order valence-electron chi connectivity index (χ2n) is 7.56. The Hall–Kier alpha value is -3.14. The number of rotatable bonds is 7. The van der Waals surface area contributed by atoms with Crippen molar-refractivity contribution in [2.24, 2.45) is 0 Å². The molecule has 3 aromatic carbocycles. The summed E-state index contributed by atoms with van der Waals surface area (Å²) in [7, 11) is -4.04. The molecule has 4 rings (SSSR count). The van der Waals surface area contributed by atoms with Crippen LogP contribution in [-0.4, -0.2) is 29.1 Å². The minimum Gasteiger partial charge on any atom is -0.324 e. The number of fused-ring (bicyclic) bond motifs is 1. The lowest BCUT2D eigenvalue weighted by Gasteiger charge is -2.20. The minimum atomic E-state index is -4.04. The number of aromatic nitrogens is 2. The molecule has 9 heteroatoms. The van der Waals surface area contributed by atoms with E-state index in [4.69, 9.17) is 0 Å². The minimum absolute atomic E-state index is 0.00125. The molecule has 0 radical (unpaired) electrons. The van der Waals surface area contributed by atoms with Crippen LogP contribution in [0.3, 0.4) is 0 Å². The molecule has 1 heterocycles. The van der Waals surface area contributed by atoms with E-state index in [9.17, 15) is 13.2 Å². The summed E-state index contributed by atoms with van der Waals surface area (Å²) >= 11 is 0.944. The molecule has 1 atom stereocenters. The highest BCUT2D eigenvalue weighted by atomic mass is 32.2. The van der Waals surface area contributed by atoms with Gasteiger partial charge in [0.15, 0.2) is 0 Å². The van der Waals surface area contributed by atoms with Crippen LogP contribution < -0.4 is 10.0 Å². The number of carbonyl (C=O) groups is 1. The van der Waals surface area contributed by atoms with Gasteiger partial charge in [-0.3, -0.25) is 4.79 Å². The zero-order valence-electron chi connectivity index (χ0n) is 17.6. The van der Waals surface area contributed by atoms with E-state index in [0.717, 1.165) is 28.4 Å². The molecule has 0 bridgehead atoms. The van der Waals surface area contributed by atoms with Crippen LogP contribution in [0.4, 0.5) is 5.69 Å². The maximum absolute atomic E-state index is 13.3. The van der Waals surface area contributed by atoms with Gasteiger partial charge in [0.2, 0.25) is 15.9 Å². The summed E-state index contributed by atoms with van der Waals surface area (Å²) in [5.74, 6) is -0.435. The number of amides is 1. The Balaban J connectivity index is 1.66. The van der Waals surface area contributed by atoms with E-state index in [0.29, 0.717) is 16.7 Å². The van der Waals surface area contributed by atoms with Crippen LogP contribution in [0, 0.1) is 13.8 Å². The van der Waals surface area contributed by atoms with E-state index in [-0.39, 0.29) is 11.3 Å². The van der Waals surface area contributed by atoms with E-state index < -0.39 is 22.0 Å². The van der Waals surface area contributed by atoms with Gasteiger partial charge in [-0.25, -0.2) is 8.42 Å². The first-order valence-electron chi connectivity index (χ1n) is 9.99. The average molecular weight is 467 g/mol. The second-order valence-corrected chi connectivity index (χ2v) is 9.77. The van der Waals surface area contributed by atoms with Crippen molar-refractivity contribution in [2.75, 3.05) is 5.32 Å². The summed E-state index contributed by atoms with van der Waals surface area (Å²) in [5, 5.41) is 2.89. The van der Waals surface area contributed by atoms with Crippen molar-refractivity contribution in [1.29, 1.82) is 0 Å². The van der Waals surface area contributed by atoms with Crippen molar-refractivity contribution < 1.29 is 13.2 Å². The fourth-order valence-electron chi connectivity index (χ4n) is 3.38. The molecular weight excluding hydrogens is 444 g/mol. The van der Waals surface area contributed by atoms with Gasteiger partial charge in [0.1, 0.15) is 22.0 Å². The van der Waals surface area contributed by atoms with Crippen LogP contribution in [0.1, 0.15) is 16.7 Å². The smallest absolute Gasteiger partial charge is 0.243 e. The van der Waals surface area contributed by atoms with Crippen LogP contribution >= 0.6 is 11.7 Å². The van der Waals surface area contributed by atoms with Gasteiger partial charge in [-0.1, -0.05) is 48.5 Å². The molecule has 0 saturated carbocycles. The Morgan fingerprint density at radius 1 is 1.00 bits per heavy atom. The summed E-state index contributed by atoms with van der Waals surface area (Å²) in [6.07, 6.45) is 0.196. The maximum Gasteiger partial charge on any atom is 0.243 e. The van der Waals surface area contributed by atoms with Crippen molar-refractivity contribution in [3.05, 3.63) is 83.4 Å². The lowest BCUT2D eigenvalue weighted by atomic mass is 10.1. The van der Waals surface area contributed by atoms with Crippen molar-refractivity contribution >= 4 is 44.4 Å². The van der Waals surface area contributed by atoms with Gasteiger partial charge in [-0.15, -0.1) is 0 Å². The Bertz CT molecular complexity index is 1370. The van der Waals surface area contributed by atoms with Crippen molar-refractivity contribution in [1.82, 2.24) is 13.5 Å². The van der Waals surface area contributed by atoms with Gasteiger partial charge in [-0.05, 0) is 55.2 Å². The Morgan fingerprint density at radius 2 is 1.78 bits per heavy atom. The largest absolute Gasteiger partial charge is 0.324 e. The van der Waals surface area contributed by atoms with Gasteiger partial charge in [-0.2, -0.15) is 13.5 Å². The molecule has 0 aliphatic carbocycles. The van der Waals surface area contributed by atoms with Gasteiger partial charge in [0.25, 0.3) is 0 Å². The average Bonchev–Trinajstić information content (AvgIpc) is 3.25. The zero-order chi connectivity index (χ0) is 22.7. The van der Waals surface area contributed by atoms with E-state index in [1.807, 2.05) is 62.4 Å². The molecule has 0 fully saturated rings. The van der Waals surface area contributed by atoms with E-state index >= 15 is 0 Å². The molecule has 0 saturated heterocycles. The van der Waals surface area contributed by atoms with Gasteiger partial charge >= 0.3 is 0 Å². The highest BCUT2D eigenvalue weighted by molar-refractivity contribution is 7.89. The number of aryl methyl sites for hydroxylation is 2. The Labute approximate surface area is 190 Å². The third-order valence-corrected chi connectivity index (χ3v) is 7.13. The number of carbonyl (C=O) groups excluding carboxylic acids is 1. The summed E-state index contributed by atoms with van der Waals surface area (Å²) < 4.78 is 37.4. The number of sulfonamides is 1. The Morgan fingerprint density at radius 3 is 2.56 bits per heavy atom. The molecule has 1 aromatic heterocycles. The van der Waals surface area contributed by atoms with Crippen LogP contribution in [-0.2, 0) is 21.2 Å². The molecular formula is C23H22N4O3S2. The number of hydrogen-bond acceptors (Lipinski definition) is 6. The SMILES string of the molecule is Cc1ccc(C)c(NC(=O)C(Cc2ccccc2)NS(=O)(=O)c2cccc3nsnc23)c1. The lowest BCUT2D eigenvalue weighted by molar-refractivity contribution is -0.117. The molecule has 2 N–H and O–H groups in total. The predicted octanol–water partition coefficient (Wildman–Crippen LogP) is 3.84. The van der Waals surface area contributed by atoms with E-state index in [1.54, 1.807) is 12.1 Å². The number of nitrogens with zero attached hydrogens (tertiary/aromatic N) is 2. The first-order valence-corrected chi connectivity index (χ1v) is 12.2. The molecule has 1 unspecified atom stereocenters. The van der Waals surface area contributed by atoms with Crippen LogP contribution in [0.5, 0.6) is 0 Å². The number of nitrogens with one attached hydrogen (secondary N) is 2. The predicted molar refractivity (Wildman–Crippen MR) is 126 cm³/mol. The number of benzene rings is 3. The fraction of sp³-hybridized carbons (Fsp3) is 0.174. The highest BCUT2D eigenvalue weighted by Crippen LogP contribution is 2.22. The molecule has 1 amide bonds. The van der Waals surface area contributed by atoms with Crippen molar-refractivity contribution in [3.8, 4) is 0 Å². The van der Waals surface area contributed by atoms with Crippen molar-refractivity contribution in [3.63, 3.8) is 0 Å². The van der Waals surface area contributed by atoms with Gasteiger partial charge in [0.05, 0.1) is 11.7 Å². The quantitative estimate of drug-likeness (QED) is 0.431. The molecule has 0 aliphatic heterocycles. The normalized spacial score (nSPS) is 12.6. The third kappa shape index (κ3) is 4.85. The standard InChI is InChI=1S/C23H22N4O3S2/c1-15-11-12-16(2)19(13-15)24-23(28)20(14-17-7-4-3-5-8-17)27-32(29,30)21-10-6-9-18-22(21)26-31-25-18/h3-13,20,27H,14H2,1-2H3,(H,24,28). The molecule has 4 aromatic rings. The number of hydrogen-bond donors (Lipinski definition) is 2. The summed E-state index contributed by atoms with van der Waals surface area (Å²) in [5.41, 5.74) is 4.16. The molecule has 0 spiro atoms. The zero-order valence-corrected chi connectivity index (χ0v) is 19.2. The second kappa shape index (κ2) is 9.15. The van der Waals surface area contributed by atoms with E-state index in [1.165, 1.54) is 6.07 Å². The highest BCUT2D eigenvalue weighted by Gasteiger charge is 2.28. The molecule has 32 heavy (non-hydrogen) atoms. The van der Waals surface area contributed by atoms with Crippen LogP contribution in [0.25, 0.3) is 11.0 Å². The van der Waals surface area contributed by atoms with E-state index in [2.05, 4.69) is 18.8 Å². The first kappa shape index (κ1) is 22.1. The molecule has 164 valence electrons. The molecule has 7 nitrogen and oxygen atoms in total. The first-order chi connectivity index (χ1) is 15.3. The lowest BCUT2D eigenvalue weighted by Crippen LogP contribution is -2.45. The Kier molecular flexibility index (Phi) is 6.31. The summed E-state index contributed by atoms with van der Waals surface area (Å²) in [6, 6.07) is 18.8. The molecule has 0 aliphatic rings.